The van der Waals surface area contributed by atoms with Gasteiger partial charge in [0.25, 0.3) is 0 Å². The van der Waals surface area contributed by atoms with E-state index in [1.165, 1.54) is 17.3 Å². The van der Waals surface area contributed by atoms with Crippen LogP contribution >= 0.6 is 23.5 Å². The summed E-state index contributed by atoms with van der Waals surface area (Å²) >= 11 is 3.16. The molecule has 0 radical (unpaired) electrons. The zero-order valence-electron chi connectivity index (χ0n) is 12.2. The lowest BCUT2D eigenvalue weighted by Crippen LogP contribution is -2.20. The molecule has 0 saturated heterocycles. The molecular formula is C13H23NO3S2. The van der Waals surface area contributed by atoms with Crippen LogP contribution in [0.15, 0.2) is 16.1 Å². The number of esters is 1. The maximum atomic E-state index is 11.4. The molecule has 0 unspecified atom stereocenters. The Kier molecular flexibility index (Phi) is 9.87. The smallest absolute Gasteiger partial charge is 0.315 e. The summed E-state index contributed by atoms with van der Waals surface area (Å²) < 4.78 is 5.04. The predicted molar refractivity (Wildman–Crippen MR) is 84.0 cm³/mol. The molecule has 0 aliphatic rings. The molecule has 0 aliphatic heterocycles. The summed E-state index contributed by atoms with van der Waals surface area (Å²) in [7, 11) is 0. The number of oxime groups is 1. The molecule has 0 aromatic heterocycles. The topological polar surface area (TPSA) is 58.9 Å². The second-order valence-electron chi connectivity index (χ2n) is 4.35. The molecule has 19 heavy (non-hydrogen) atoms. The summed E-state index contributed by atoms with van der Waals surface area (Å²) in [5, 5.41) is 14.2. The second kappa shape index (κ2) is 10.2. The van der Waals surface area contributed by atoms with E-state index in [1.54, 1.807) is 25.6 Å². The summed E-state index contributed by atoms with van der Waals surface area (Å²) in [6.07, 6.45) is 0. The third kappa shape index (κ3) is 8.21. The van der Waals surface area contributed by atoms with Crippen molar-refractivity contribution in [1.82, 2.24) is 0 Å². The van der Waals surface area contributed by atoms with Crippen molar-refractivity contribution >= 4 is 35.2 Å². The molecule has 0 rings (SSSR count). The zero-order chi connectivity index (χ0) is 14.8. The van der Waals surface area contributed by atoms with Crippen LogP contribution in [0.5, 0.6) is 0 Å². The highest BCUT2D eigenvalue weighted by molar-refractivity contribution is 8.18. The highest BCUT2D eigenvalue weighted by Crippen LogP contribution is 2.33. The van der Waals surface area contributed by atoms with Gasteiger partial charge in [0.2, 0.25) is 0 Å². The molecule has 2 atom stereocenters. The molecule has 0 aliphatic carbocycles. The largest absolute Gasteiger partial charge is 0.465 e. The van der Waals surface area contributed by atoms with Gasteiger partial charge in [-0.15, -0.1) is 23.5 Å². The van der Waals surface area contributed by atoms with Gasteiger partial charge in [0, 0.05) is 5.92 Å². The van der Waals surface area contributed by atoms with Crippen molar-refractivity contribution in [3.05, 3.63) is 11.0 Å². The lowest BCUT2D eigenvalue weighted by molar-refractivity contribution is -0.139. The van der Waals surface area contributed by atoms with Crippen molar-refractivity contribution in [1.29, 1.82) is 0 Å². The monoisotopic (exact) mass is 305 g/mol. The molecular weight excluding hydrogens is 282 g/mol. The van der Waals surface area contributed by atoms with Gasteiger partial charge in [-0.25, -0.2) is 0 Å². The number of thioether (sulfide) groups is 2. The lowest BCUT2D eigenvalue weighted by atomic mass is 10.1. The number of carbonyl (C=O) groups excluding carboxylic acids is 1. The third-order valence-corrected chi connectivity index (χ3v) is 5.50. The zero-order valence-corrected chi connectivity index (χ0v) is 13.8. The normalized spacial score (nSPS) is 14.7. The van der Waals surface area contributed by atoms with E-state index in [-0.39, 0.29) is 16.5 Å². The van der Waals surface area contributed by atoms with Crippen LogP contribution < -0.4 is 0 Å². The summed E-state index contributed by atoms with van der Waals surface area (Å²) in [6, 6.07) is 0. The first kappa shape index (κ1) is 18.4. The maximum absolute atomic E-state index is 11.4. The highest BCUT2D eigenvalue weighted by Gasteiger charge is 2.22. The number of nitrogens with zero attached hydrogens (tertiary/aromatic N) is 1. The Balaban J connectivity index is 4.58. The fourth-order valence-corrected chi connectivity index (χ4v) is 3.54. The summed E-state index contributed by atoms with van der Waals surface area (Å²) in [5.74, 6) is 0.177. The number of allylic oxidation sites excluding steroid dienone is 1. The van der Waals surface area contributed by atoms with Crippen molar-refractivity contribution < 1.29 is 14.7 Å². The van der Waals surface area contributed by atoms with Crippen molar-refractivity contribution in [2.24, 2.45) is 11.1 Å². The SMILES string of the molecule is CCOC(=O)CS[C@@H](SC=C(C)C)[C@H](C)/C(C)=N/O. The minimum absolute atomic E-state index is 0.0741. The molecule has 0 saturated carbocycles. The third-order valence-electron chi connectivity index (χ3n) is 2.33. The van der Waals surface area contributed by atoms with Crippen LogP contribution in [-0.2, 0) is 9.53 Å². The molecule has 0 bridgehead atoms. The van der Waals surface area contributed by atoms with E-state index in [2.05, 4.69) is 10.6 Å². The molecule has 0 spiro atoms. The molecule has 4 nitrogen and oxygen atoms in total. The van der Waals surface area contributed by atoms with Gasteiger partial charge in [0.1, 0.15) is 0 Å². The highest BCUT2D eigenvalue weighted by atomic mass is 32.2. The maximum Gasteiger partial charge on any atom is 0.315 e. The van der Waals surface area contributed by atoms with Crippen LogP contribution in [0.4, 0.5) is 0 Å². The van der Waals surface area contributed by atoms with Crippen LogP contribution in [0.1, 0.15) is 34.6 Å². The molecule has 0 heterocycles. The van der Waals surface area contributed by atoms with E-state index in [1.807, 2.05) is 20.8 Å². The van der Waals surface area contributed by atoms with Crippen molar-refractivity contribution in [3.63, 3.8) is 0 Å². The van der Waals surface area contributed by atoms with E-state index in [9.17, 15) is 4.79 Å². The standard InChI is InChI=1S/C13H23NO3S2/c1-6-17-12(15)8-19-13(18-7-9(2)3)10(4)11(5)14-16/h7,10,13,16H,6,8H2,1-5H3/b14-11+/t10-,13-/m1/s1. The predicted octanol–water partition coefficient (Wildman–Crippen LogP) is 3.75. The van der Waals surface area contributed by atoms with Gasteiger partial charge in [-0.1, -0.05) is 17.7 Å². The van der Waals surface area contributed by atoms with Crippen molar-refractivity contribution in [2.75, 3.05) is 12.4 Å². The van der Waals surface area contributed by atoms with E-state index >= 15 is 0 Å². The van der Waals surface area contributed by atoms with Gasteiger partial charge in [-0.05, 0) is 33.1 Å². The van der Waals surface area contributed by atoms with Gasteiger partial charge in [0.15, 0.2) is 0 Å². The van der Waals surface area contributed by atoms with E-state index in [0.717, 1.165) is 0 Å². The summed E-state index contributed by atoms with van der Waals surface area (Å²) in [4.78, 5) is 11.4. The van der Waals surface area contributed by atoms with Gasteiger partial charge < -0.3 is 9.94 Å². The van der Waals surface area contributed by atoms with E-state index < -0.39 is 0 Å². The average Bonchev–Trinajstić information content (AvgIpc) is 2.37. The van der Waals surface area contributed by atoms with Crippen LogP contribution in [0.3, 0.4) is 0 Å². The number of rotatable bonds is 8. The van der Waals surface area contributed by atoms with Gasteiger partial charge in [-0.3, -0.25) is 4.79 Å². The molecule has 0 aromatic carbocycles. The van der Waals surface area contributed by atoms with Crippen molar-refractivity contribution in [3.8, 4) is 0 Å². The Bertz CT molecular complexity index is 339. The van der Waals surface area contributed by atoms with Gasteiger partial charge >= 0.3 is 5.97 Å². The molecule has 6 heteroatoms. The first-order chi connectivity index (χ1) is 8.92. The first-order valence-electron chi connectivity index (χ1n) is 6.17. The first-order valence-corrected chi connectivity index (χ1v) is 8.16. The lowest BCUT2D eigenvalue weighted by Gasteiger charge is -2.21. The Morgan fingerprint density at radius 3 is 2.53 bits per heavy atom. The average molecular weight is 305 g/mol. The Morgan fingerprint density at radius 2 is 2.05 bits per heavy atom. The van der Waals surface area contributed by atoms with Crippen LogP contribution in [0.2, 0.25) is 0 Å². The molecule has 0 fully saturated rings. The second-order valence-corrected chi connectivity index (χ2v) is 6.79. The van der Waals surface area contributed by atoms with Crippen LogP contribution in [-0.4, -0.2) is 33.8 Å². The Hall–Kier alpha value is -0.620. The van der Waals surface area contributed by atoms with Crippen LogP contribution in [0, 0.1) is 5.92 Å². The number of carbonyl (C=O) groups is 1. The quantitative estimate of drug-likeness (QED) is 0.243. The Labute approximate surface area is 124 Å². The molecule has 0 aromatic rings. The molecule has 1 N–H and O–H groups in total. The number of hydrogen-bond donors (Lipinski definition) is 1. The van der Waals surface area contributed by atoms with E-state index in [0.29, 0.717) is 18.1 Å². The fourth-order valence-electron chi connectivity index (χ4n) is 1.15. The molecule has 110 valence electrons. The number of hydrogen-bond acceptors (Lipinski definition) is 6. The summed E-state index contributed by atoms with van der Waals surface area (Å²) in [5.41, 5.74) is 1.87. The van der Waals surface area contributed by atoms with Gasteiger partial charge in [-0.2, -0.15) is 0 Å². The minimum atomic E-state index is -0.207. The number of ether oxygens (including phenoxy) is 1. The van der Waals surface area contributed by atoms with E-state index in [4.69, 9.17) is 9.94 Å². The summed E-state index contributed by atoms with van der Waals surface area (Å²) in [6.45, 7) is 10.0. The Morgan fingerprint density at radius 1 is 1.42 bits per heavy atom. The fraction of sp³-hybridized carbons (Fsp3) is 0.692. The molecule has 0 amide bonds. The van der Waals surface area contributed by atoms with Gasteiger partial charge in [0.05, 0.1) is 22.7 Å². The van der Waals surface area contributed by atoms with Crippen LogP contribution in [0.25, 0.3) is 0 Å². The van der Waals surface area contributed by atoms with Crippen molar-refractivity contribution in [2.45, 2.75) is 39.2 Å². The minimum Gasteiger partial charge on any atom is -0.465 e.